The van der Waals surface area contributed by atoms with E-state index in [1.807, 2.05) is 0 Å². The van der Waals surface area contributed by atoms with Crippen molar-refractivity contribution in [2.24, 2.45) is 5.10 Å². The van der Waals surface area contributed by atoms with Crippen LogP contribution in [0.5, 0.6) is 11.5 Å². The van der Waals surface area contributed by atoms with Gasteiger partial charge in [-0.2, -0.15) is 5.10 Å². The molecule has 1 aliphatic rings. The van der Waals surface area contributed by atoms with Crippen molar-refractivity contribution in [2.45, 2.75) is 6.92 Å². The fourth-order valence-electron chi connectivity index (χ4n) is 2.07. The maximum atomic E-state index is 12.2. The number of hydrogen-bond acceptors (Lipinski definition) is 4. The zero-order valence-corrected chi connectivity index (χ0v) is 13.6. The number of carbonyl (C=O) groups is 1. The van der Waals surface area contributed by atoms with Gasteiger partial charge in [-0.25, -0.2) is 5.43 Å². The second-order valence-corrected chi connectivity index (χ2v) is 5.67. The van der Waals surface area contributed by atoms with Crippen molar-refractivity contribution < 1.29 is 14.3 Å². The van der Waals surface area contributed by atoms with Crippen LogP contribution in [0.1, 0.15) is 22.8 Å². The monoisotopic (exact) mass is 350 g/mol. The molecule has 0 bridgehead atoms. The van der Waals surface area contributed by atoms with Gasteiger partial charge in [-0.15, -0.1) is 0 Å². The minimum Gasteiger partial charge on any atom is -0.454 e. The molecule has 0 atom stereocenters. The summed E-state index contributed by atoms with van der Waals surface area (Å²) in [4.78, 5) is 12.2. The van der Waals surface area contributed by atoms with Gasteiger partial charge in [-0.1, -0.05) is 23.2 Å². The number of benzene rings is 2. The van der Waals surface area contributed by atoms with Gasteiger partial charge in [0.25, 0.3) is 5.91 Å². The van der Waals surface area contributed by atoms with Crippen LogP contribution in [0.4, 0.5) is 0 Å². The van der Waals surface area contributed by atoms with Crippen molar-refractivity contribution in [2.75, 3.05) is 6.79 Å². The lowest BCUT2D eigenvalue weighted by Crippen LogP contribution is -2.19. The third kappa shape index (κ3) is 3.41. The zero-order valence-electron chi connectivity index (χ0n) is 12.1. The van der Waals surface area contributed by atoms with E-state index in [2.05, 4.69) is 10.5 Å². The average Bonchev–Trinajstić information content (AvgIpc) is 3.02. The molecule has 5 nitrogen and oxygen atoms in total. The highest BCUT2D eigenvalue weighted by molar-refractivity contribution is 6.36. The Kier molecular flexibility index (Phi) is 4.41. The van der Waals surface area contributed by atoms with Crippen molar-refractivity contribution >= 4 is 34.8 Å². The van der Waals surface area contributed by atoms with Gasteiger partial charge in [0.15, 0.2) is 11.5 Å². The van der Waals surface area contributed by atoms with Crippen LogP contribution in [0.25, 0.3) is 0 Å². The summed E-state index contributed by atoms with van der Waals surface area (Å²) in [6.45, 7) is 1.89. The van der Waals surface area contributed by atoms with Gasteiger partial charge in [-0.3, -0.25) is 4.79 Å². The van der Waals surface area contributed by atoms with Crippen LogP contribution in [0.3, 0.4) is 0 Å². The molecule has 118 valence electrons. The number of fused-ring (bicyclic) bond motifs is 1. The molecular formula is C16H12Cl2N2O3. The van der Waals surface area contributed by atoms with Crippen LogP contribution in [0.15, 0.2) is 41.5 Å². The van der Waals surface area contributed by atoms with Gasteiger partial charge >= 0.3 is 0 Å². The molecule has 0 saturated heterocycles. The van der Waals surface area contributed by atoms with Gasteiger partial charge in [0.05, 0.1) is 5.71 Å². The molecule has 0 aliphatic carbocycles. The van der Waals surface area contributed by atoms with Crippen molar-refractivity contribution in [1.82, 2.24) is 5.43 Å². The minimum absolute atomic E-state index is 0.158. The zero-order chi connectivity index (χ0) is 16.4. The Labute approximate surface area is 142 Å². The van der Waals surface area contributed by atoms with Gasteiger partial charge in [0.1, 0.15) is 0 Å². The molecule has 1 amide bonds. The van der Waals surface area contributed by atoms with E-state index >= 15 is 0 Å². The normalized spacial score (nSPS) is 13.1. The fourth-order valence-corrected chi connectivity index (χ4v) is 2.50. The topological polar surface area (TPSA) is 59.9 Å². The Morgan fingerprint density at radius 1 is 1.13 bits per heavy atom. The van der Waals surface area contributed by atoms with Crippen molar-refractivity contribution in [1.29, 1.82) is 0 Å². The Balaban J connectivity index is 1.76. The minimum atomic E-state index is -0.360. The number of amides is 1. The third-order valence-corrected chi connectivity index (χ3v) is 3.84. The maximum absolute atomic E-state index is 12.2. The molecule has 0 aromatic heterocycles. The van der Waals surface area contributed by atoms with Crippen LogP contribution in [0.2, 0.25) is 10.0 Å². The summed E-state index contributed by atoms with van der Waals surface area (Å²) in [6.07, 6.45) is 0. The van der Waals surface area contributed by atoms with Crippen molar-refractivity contribution in [3.8, 4) is 11.5 Å². The molecular weight excluding hydrogens is 339 g/mol. The van der Waals surface area contributed by atoms with E-state index in [4.69, 9.17) is 32.7 Å². The summed E-state index contributed by atoms with van der Waals surface area (Å²) < 4.78 is 10.4. The molecule has 0 unspecified atom stereocenters. The molecule has 2 aromatic carbocycles. The molecule has 0 fully saturated rings. The van der Waals surface area contributed by atoms with Crippen LogP contribution < -0.4 is 14.9 Å². The first-order valence-corrected chi connectivity index (χ1v) is 7.50. The van der Waals surface area contributed by atoms with Gasteiger partial charge in [-0.05, 0) is 43.3 Å². The molecule has 1 heterocycles. The highest BCUT2D eigenvalue weighted by Gasteiger charge is 2.16. The Morgan fingerprint density at radius 3 is 2.74 bits per heavy atom. The van der Waals surface area contributed by atoms with E-state index < -0.39 is 0 Å². The Bertz CT molecular complexity index is 806. The molecule has 0 spiro atoms. The quantitative estimate of drug-likeness (QED) is 0.674. The summed E-state index contributed by atoms with van der Waals surface area (Å²) in [5.41, 5.74) is 4.11. The van der Waals surface area contributed by atoms with E-state index in [-0.39, 0.29) is 12.7 Å². The Morgan fingerprint density at radius 2 is 1.91 bits per heavy atom. The first-order valence-electron chi connectivity index (χ1n) is 6.74. The third-order valence-electron chi connectivity index (χ3n) is 3.28. The molecule has 0 saturated carbocycles. The number of rotatable bonds is 3. The van der Waals surface area contributed by atoms with E-state index in [1.165, 1.54) is 0 Å². The number of hydrogen-bond donors (Lipinski definition) is 1. The predicted molar refractivity (Wildman–Crippen MR) is 88.7 cm³/mol. The van der Waals surface area contributed by atoms with Crippen LogP contribution >= 0.6 is 23.2 Å². The second-order valence-electron chi connectivity index (χ2n) is 4.83. The lowest BCUT2D eigenvalue weighted by molar-refractivity contribution is 0.0954. The van der Waals surface area contributed by atoms with E-state index in [0.717, 1.165) is 0 Å². The number of hydrazone groups is 1. The Hall–Kier alpha value is -2.24. The first kappa shape index (κ1) is 15.6. The van der Waals surface area contributed by atoms with Crippen molar-refractivity contribution in [3.05, 3.63) is 57.6 Å². The maximum Gasteiger partial charge on any atom is 0.271 e. The first-order chi connectivity index (χ1) is 11.0. The number of halogens is 2. The van der Waals surface area contributed by atoms with E-state index in [9.17, 15) is 4.79 Å². The summed E-state index contributed by atoms with van der Waals surface area (Å²) in [5, 5.41) is 5.12. The molecule has 23 heavy (non-hydrogen) atoms. The number of nitrogens with zero attached hydrogens (tertiary/aromatic N) is 1. The fraction of sp³-hybridized carbons (Fsp3) is 0.125. The largest absolute Gasteiger partial charge is 0.454 e. The number of carbonyl (C=O) groups excluding carboxylic acids is 1. The summed E-state index contributed by atoms with van der Waals surface area (Å²) in [7, 11) is 0. The lowest BCUT2D eigenvalue weighted by Gasteiger charge is -2.06. The highest BCUT2D eigenvalue weighted by Crippen LogP contribution is 2.32. The average molecular weight is 351 g/mol. The second kappa shape index (κ2) is 6.48. The lowest BCUT2D eigenvalue weighted by atomic mass is 10.1. The standard InChI is InChI=1S/C16H12Cl2N2O3/c1-9(12-7-11(17)3-4-13(12)18)19-20-16(21)10-2-5-14-15(6-10)23-8-22-14/h2-7H,8H2,1H3,(H,20,21)/b19-9-. The molecule has 1 aliphatic heterocycles. The van der Waals surface area contributed by atoms with Gasteiger partial charge in [0.2, 0.25) is 6.79 Å². The van der Waals surface area contributed by atoms with Crippen LogP contribution in [-0.4, -0.2) is 18.4 Å². The molecule has 7 heteroatoms. The molecule has 0 radical (unpaired) electrons. The molecule has 3 rings (SSSR count). The van der Waals surface area contributed by atoms with Crippen LogP contribution in [0, 0.1) is 0 Å². The summed E-state index contributed by atoms with van der Waals surface area (Å²) >= 11 is 12.1. The van der Waals surface area contributed by atoms with E-state index in [0.29, 0.717) is 38.4 Å². The van der Waals surface area contributed by atoms with Crippen LogP contribution in [-0.2, 0) is 0 Å². The molecule has 2 aromatic rings. The molecule has 1 N–H and O–H groups in total. The summed E-state index contributed by atoms with van der Waals surface area (Å²) in [5.74, 6) is 0.795. The van der Waals surface area contributed by atoms with Gasteiger partial charge in [0, 0.05) is 21.2 Å². The van der Waals surface area contributed by atoms with Crippen molar-refractivity contribution in [3.63, 3.8) is 0 Å². The number of ether oxygens (including phenoxy) is 2. The smallest absolute Gasteiger partial charge is 0.271 e. The van der Waals surface area contributed by atoms with E-state index in [1.54, 1.807) is 43.3 Å². The summed E-state index contributed by atoms with van der Waals surface area (Å²) in [6, 6.07) is 9.98. The predicted octanol–water partition coefficient (Wildman–Crippen LogP) is 3.88. The SMILES string of the molecule is C/C(=N/NC(=O)c1ccc2c(c1)OCO2)c1cc(Cl)ccc1Cl. The highest BCUT2D eigenvalue weighted by atomic mass is 35.5. The number of nitrogens with one attached hydrogen (secondary N) is 1. The van der Waals surface area contributed by atoms with Gasteiger partial charge < -0.3 is 9.47 Å².